The standard InChI is InChI=1S/C32H36N4O4S2/c1-23-20-29-30(21-24(23)2)41-32(33-29)36(14-5-13-34-16-18-40-19-17-34)31(37)26-8-10-28(11-9-26)42(38,39)35-15-12-25-6-3-4-7-27(25)22-35/h3-4,6-11,20-21H,5,12-19,22H2,1-2H3. The molecular formula is C32H36N4O4S2. The van der Waals surface area contributed by atoms with Crippen molar-refractivity contribution in [2.75, 3.05) is 50.8 Å². The molecule has 1 saturated heterocycles. The van der Waals surface area contributed by atoms with Gasteiger partial charge in [-0.15, -0.1) is 0 Å². The van der Waals surface area contributed by atoms with Crippen molar-refractivity contribution in [3.05, 3.63) is 88.5 Å². The number of carbonyl (C=O) groups is 1. The number of hydrogen-bond donors (Lipinski definition) is 0. The highest BCUT2D eigenvalue weighted by Crippen LogP contribution is 2.32. The number of aryl methyl sites for hydroxylation is 2. The zero-order chi connectivity index (χ0) is 29.3. The highest BCUT2D eigenvalue weighted by atomic mass is 32.2. The van der Waals surface area contributed by atoms with Crippen LogP contribution in [0.15, 0.2) is 65.6 Å². The summed E-state index contributed by atoms with van der Waals surface area (Å²) in [5.41, 5.74) is 5.91. The van der Waals surface area contributed by atoms with Crippen molar-refractivity contribution in [2.24, 2.45) is 0 Å². The Balaban J connectivity index is 1.23. The molecule has 1 aromatic heterocycles. The minimum atomic E-state index is -3.69. The molecule has 0 atom stereocenters. The lowest BCUT2D eigenvalue weighted by atomic mass is 10.0. The number of nitrogens with zero attached hydrogens (tertiary/aromatic N) is 4. The molecule has 10 heteroatoms. The van der Waals surface area contributed by atoms with Gasteiger partial charge in [-0.3, -0.25) is 14.6 Å². The van der Waals surface area contributed by atoms with E-state index in [4.69, 9.17) is 9.72 Å². The molecule has 0 N–H and O–H groups in total. The molecule has 1 amide bonds. The molecule has 0 unspecified atom stereocenters. The molecule has 3 aromatic carbocycles. The molecule has 0 aliphatic carbocycles. The van der Waals surface area contributed by atoms with E-state index >= 15 is 0 Å². The number of fused-ring (bicyclic) bond motifs is 2. The lowest BCUT2D eigenvalue weighted by molar-refractivity contribution is 0.0376. The van der Waals surface area contributed by atoms with Crippen LogP contribution in [0.2, 0.25) is 0 Å². The fraction of sp³-hybridized carbons (Fsp3) is 0.375. The van der Waals surface area contributed by atoms with Crippen LogP contribution in [0.1, 0.15) is 39.0 Å². The number of rotatable bonds is 8. The van der Waals surface area contributed by atoms with Crippen LogP contribution >= 0.6 is 11.3 Å². The third-order valence-corrected chi connectivity index (χ3v) is 11.2. The fourth-order valence-corrected chi connectivity index (χ4v) is 8.08. The zero-order valence-corrected chi connectivity index (χ0v) is 25.7. The molecule has 8 nitrogen and oxygen atoms in total. The first-order valence-corrected chi connectivity index (χ1v) is 16.7. The van der Waals surface area contributed by atoms with Gasteiger partial charge < -0.3 is 4.74 Å². The van der Waals surface area contributed by atoms with Gasteiger partial charge in [-0.2, -0.15) is 4.31 Å². The Bertz CT molecular complexity index is 1660. The van der Waals surface area contributed by atoms with E-state index < -0.39 is 10.0 Å². The van der Waals surface area contributed by atoms with Crippen LogP contribution in [0.4, 0.5) is 5.13 Å². The highest BCUT2D eigenvalue weighted by molar-refractivity contribution is 7.89. The van der Waals surface area contributed by atoms with Crippen LogP contribution in [-0.4, -0.2) is 74.5 Å². The molecule has 4 aromatic rings. The lowest BCUT2D eigenvalue weighted by Gasteiger charge is -2.28. The Labute approximate surface area is 251 Å². The first-order chi connectivity index (χ1) is 20.3. The Morgan fingerprint density at radius 3 is 2.45 bits per heavy atom. The summed E-state index contributed by atoms with van der Waals surface area (Å²) in [7, 11) is -3.69. The maximum absolute atomic E-state index is 13.9. The van der Waals surface area contributed by atoms with E-state index in [-0.39, 0.29) is 10.8 Å². The quantitative estimate of drug-likeness (QED) is 0.281. The van der Waals surface area contributed by atoms with Gasteiger partial charge in [0, 0.05) is 44.8 Å². The van der Waals surface area contributed by atoms with Crippen molar-refractivity contribution in [1.82, 2.24) is 14.2 Å². The van der Waals surface area contributed by atoms with Crippen LogP contribution in [0.3, 0.4) is 0 Å². The molecule has 0 bridgehead atoms. The average Bonchev–Trinajstić information content (AvgIpc) is 3.41. The molecule has 0 radical (unpaired) electrons. The Kier molecular flexibility index (Phi) is 8.42. The number of benzene rings is 3. The SMILES string of the molecule is Cc1cc2nc(N(CCCN3CCOCC3)C(=O)c3ccc(S(=O)(=O)N4CCc5ccccc5C4)cc3)sc2cc1C. The van der Waals surface area contributed by atoms with Crippen molar-refractivity contribution in [3.8, 4) is 0 Å². The van der Waals surface area contributed by atoms with Crippen molar-refractivity contribution in [2.45, 2.75) is 38.1 Å². The van der Waals surface area contributed by atoms with Crippen molar-refractivity contribution in [3.63, 3.8) is 0 Å². The minimum absolute atomic E-state index is 0.180. The van der Waals surface area contributed by atoms with Crippen molar-refractivity contribution >= 4 is 42.6 Å². The molecule has 6 rings (SSSR count). The summed E-state index contributed by atoms with van der Waals surface area (Å²) >= 11 is 1.52. The van der Waals surface area contributed by atoms with Crippen LogP contribution in [0, 0.1) is 13.8 Å². The topological polar surface area (TPSA) is 83.0 Å². The average molecular weight is 605 g/mol. The highest BCUT2D eigenvalue weighted by Gasteiger charge is 2.29. The third kappa shape index (κ3) is 6.00. The minimum Gasteiger partial charge on any atom is -0.379 e. The number of amides is 1. The molecule has 42 heavy (non-hydrogen) atoms. The van der Waals surface area contributed by atoms with Gasteiger partial charge in [0.25, 0.3) is 5.91 Å². The van der Waals surface area contributed by atoms with E-state index in [1.807, 2.05) is 18.2 Å². The molecule has 3 heterocycles. The maximum atomic E-state index is 13.9. The summed E-state index contributed by atoms with van der Waals surface area (Å²) in [5.74, 6) is -0.180. The first kappa shape index (κ1) is 28.9. The van der Waals surface area contributed by atoms with Gasteiger partial charge in [-0.1, -0.05) is 35.6 Å². The number of ether oxygens (including phenoxy) is 1. The smallest absolute Gasteiger partial charge is 0.260 e. The summed E-state index contributed by atoms with van der Waals surface area (Å²) in [6.45, 7) is 9.58. The summed E-state index contributed by atoms with van der Waals surface area (Å²) in [4.78, 5) is 23.1. The third-order valence-electron chi connectivity index (χ3n) is 8.26. The van der Waals surface area contributed by atoms with Gasteiger partial charge in [-0.05, 0) is 85.3 Å². The largest absolute Gasteiger partial charge is 0.379 e. The number of anilines is 1. The number of aromatic nitrogens is 1. The maximum Gasteiger partial charge on any atom is 0.260 e. The number of carbonyl (C=O) groups excluding carboxylic acids is 1. The zero-order valence-electron chi connectivity index (χ0n) is 24.1. The summed E-state index contributed by atoms with van der Waals surface area (Å²) < 4.78 is 35.0. The molecular weight excluding hydrogens is 569 g/mol. The second-order valence-corrected chi connectivity index (χ2v) is 14.0. The molecule has 0 saturated carbocycles. The molecule has 220 valence electrons. The van der Waals surface area contributed by atoms with Gasteiger partial charge in [-0.25, -0.2) is 13.4 Å². The van der Waals surface area contributed by atoms with Crippen molar-refractivity contribution < 1.29 is 17.9 Å². The molecule has 1 fully saturated rings. The van der Waals surface area contributed by atoms with Gasteiger partial charge in [0.1, 0.15) is 0 Å². The monoisotopic (exact) mass is 604 g/mol. The molecule has 2 aliphatic heterocycles. The number of morpholine rings is 1. The van der Waals surface area contributed by atoms with Crippen molar-refractivity contribution in [1.29, 1.82) is 0 Å². The summed E-state index contributed by atoms with van der Waals surface area (Å²) in [5, 5.41) is 0.658. The second-order valence-electron chi connectivity index (χ2n) is 11.0. The van der Waals surface area contributed by atoms with Gasteiger partial charge in [0.2, 0.25) is 10.0 Å². The van der Waals surface area contributed by atoms with E-state index in [1.54, 1.807) is 29.2 Å². The van der Waals surface area contributed by atoms with Crippen LogP contribution in [-0.2, 0) is 27.7 Å². The van der Waals surface area contributed by atoms with Crippen LogP contribution < -0.4 is 4.90 Å². The molecule has 0 spiro atoms. The number of sulfonamides is 1. The van der Waals surface area contributed by atoms with E-state index in [9.17, 15) is 13.2 Å². The number of thiazole rings is 1. The second kappa shape index (κ2) is 12.2. The Morgan fingerprint density at radius 1 is 0.976 bits per heavy atom. The van der Waals surface area contributed by atoms with E-state index in [0.717, 1.165) is 55.0 Å². The summed E-state index contributed by atoms with van der Waals surface area (Å²) in [6.07, 6.45) is 1.48. The van der Waals surface area contributed by atoms with Crippen LogP contribution in [0.5, 0.6) is 0 Å². The normalized spacial score (nSPS) is 16.4. The first-order valence-electron chi connectivity index (χ1n) is 14.5. The fourth-order valence-electron chi connectivity index (χ4n) is 5.59. The van der Waals surface area contributed by atoms with Gasteiger partial charge in [0.15, 0.2) is 5.13 Å². The Morgan fingerprint density at radius 2 is 1.69 bits per heavy atom. The number of hydrogen-bond acceptors (Lipinski definition) is 7. The summed E-state index contributed by atoms with van der Waals surface area (Å²) in [6, 6.07) is 18.5. The Hall–Kier alpha value is -3.15. The lowest BCUT2D eigenvalue weighted by Crippen LogP contribution is -2.39. The van der Waals surface area contributed by atoms with Gasteiger partial charge in [0.05, 0.1) is 28.3 Å². The molecule has 2 aliphatic rings. The van der Waals surface area contributed by atoms with E-state index in [1.165, 1.54) is 32.3 Å². The van der Waals surface area contributed by atoms with E-state index in [2.05, 4.69) is 36.9 Å². The van der Waals surface area contributed by atoms with Crippen LogP contribution in [0.25, 0.3) is 10.2 Å². The predicted molar refractivity (Wildman–Crippen MR) is 167 cm³/mol. The van der Waals surface area contributed by atoms with Gasteiger partial charge >= 0.3 is 0 Å². The predicted octanol–water partition coefficient (Wildman–Crippen LogP) is 5.03. The van der Waals surface area contributed by atoms with E-state index in [0.29, 0.717) is 36.8 Å².